The monoisotopic (exact) mass is 237 g/mol. The Bertz CT molecular complexity index is 378. The predicted octanol–water partition coefficient (Wildman–Crippen LogP) is 1.14. The molecule has 1 aliphatic rings. The molecule has 2 rings (SSSR count). The Balaban J connectivity index is 2.06. The molecule has 3 nitrogen and oxygen atoms in total. The van der Waals surface area contributed by atoms with Gasteiger partial charge >= 0.3 is 0 Å². The van der Waals surface area contributed by atoms with Crippen molar-refractivity contribution in [3.8, 4) is 0 Å². The lowest BCUT2D eigenvalue weighted by Gasteiger charge is -2.30. The first-order valence-corrected chi connectivity index (χ1v) is 5.51. The number of aromatic nitrogens is 1. The van der Waals surface area contributed by atoms with Gasteiger partial charge in [0, 0.05) is 25.5 Å². The van der Waals surface area contributed by atoms with Crippen molar-refractivity contribution >= 4 is 34.3 Å². The number of thiocarbonyl (C=S) groups is 2. The summed E-state index contributed by atoms with van der Waals surface area (Å²) >= 11 is 10.4. The highest BCUT2D eigenvalue weighted by molar-refractivity contribution is 7.89. The van der Waals surface area contributed by atoms with Gasteiger partial charge in [0.2, 0.25) is 0 Å². The van der Waals surface area contributed by atoms with Gasteiger partial charge in [-0.05, 0) is 17.7 Å². The fourth-order valence-electron chi connectivity index (χ4n) is 1.46. The second kappa shape index (κ2) is 4.74. The van der Waals surface area contributed by atoms with E-state index in [0.717, 1.165) is 29.6 Å². The quantitative estimate of drug-likeness (QED) is 0.779. The SMILES string of the molecule is S=C1CNCN(Cc2ccncc2)C1=S. The highest BCUT2D eigenvalue weighted by Gasteiger charge is 2.18. The molecule has 5 heteroatoms. The number of nitrogens with one attached hydrogen (secondary N) is 1. The lowest BCUT2D eigenvalue weighted by Crippen LogP contribution is -2.49. The highest BCUT2D eigenvalue weighted by atomic mass is 32.1. The fourth-order valence-corrected chi connectivity index (χ4v) is 1.90. The van der Waals surface area contributed by atoms with E-state index in [2.05, 4.69) is 15.2 Å². The maximum atomic E-state index is 5.28. The molecule has 1 saturated heterocycles. The van der Waals surface area contributed by atoms with Crippen LogP contribution in [-0.4, -0.2) is 33.0 Å². The predicted molar refractivity (Wildman–Crippen MR) is 67.8 cm³/mol. The van der Waals surface area contributed by atoms with Crippen LogP contribution < -0.4 is 5.32 Å². The summed E-state index contributed by atoms with van der Waals surface area (Å²) in [6, 6.07) is 3.97. The van der Waals surface area contributed by atoms with Gasteiger partial charge in [-0.2, -0.15) is 0 Å². The lowest BCUT2D eigenvalue weighted by molar-refractivity contribution is 0.385. The Morgan fingerprint density at radius 3 is 2.80 bits per heavy atom. The molecule has 1 aromatic rings. The van der Waals surface area contributed by atoms with Crippen molar-refractivity contribution in [3.63, 3.8) is 0 Å². The van der Waals surface area contributed by atoms with Crippen LogP contribution in [-0.2, 0) is 6.54 Å². The molecule has 0 spiro atoms. The van der Waals surface area contributed by atoms with Crippen LogP contribution >= 0.6 is 24.4 Å². The van der Waals surface area contributed by atoms with Crippen molar-refractivity contribution in [1.29, 1.82) is 0 Å². The van der Waals surface area contributed by atoms with E-state index in [1.165, 1.54) is 5.56 Å². The van der Waals surface area contributed by atoms with E-state index in [1.54, 1.807) is 12.4 Å². The van der Waals surface area contributed by atoms with Gasteiger partial charge in [-0.15, -0.1) is 0 Å². The Kier molecular flexibility index (Phi) is 3.35. The third kappa shape index (κ3) is 2.56. The van der Waals surface area contributed by atoms with Gasteiger partial charge in [-0.3, -0.25) is 10.3 Å². The van der Waals surface area contributed by atoms with Gasteiger partial charge in [0.1, 0.15) is 4.99 Å². The second-order valence-corrected chi connectivity index (χ2v) is 4.25. The molecule has 78 valence electrons. The Morgan fingerprint density at radius 1 is 1.33 bits per heavy atom. The summed E-state index contributed by atoms with van der Waals surface area (Å²) in [6.45, 7) is 2.27. The minimum atomic E-state index is 0.723. The first kappa shape index (κ1) is 10.6. The summed E-state index contributed by atoms with van der Waals surface area (Å²) in [6.07, 6.45) is 3.57. The van der Waals surface area contributed by atoms with Crippen LogP contribution in [0.2, 0.25) is 0 Å². The van der Waals surface area contributed by atoms with E-state index in [4.69, 9.17) is 24.4 Å². The largest absolute Gasteiger partial charge is 0.345 e. The normalized spacial score (nSPS) is 16.9. The van der Waals surface area contributed by atoms with E-state index < -0.39 is 0 Å². The van der Waals surface area contributed by atoms with Crippen molar-refractivity contribution in [2.45, 2.75) is 6.54 Å². The molecule has 1 N–H and O–H groups in total. The van der Waals surface area contributed by atoms with Gasteiger partial charge < -0.3 is 4.90 Å². The fraction of sp³-hybridized carbons (Fsp3) is 0.300. The number of rotatable bonds is 2. The first-order chi connectivity index (χ1) is 7.27. The molecule has 0 amide bonds. The summed E-state index contributed by atoms with van der Waals surface area (Å²) in [5, 5.41) is 3.22. The summed E-state index contributed by atoms with van der Waals surface area (Å²) in [5.41, 5.74) is 1.19. The van der Waals surface area contributed by atoms with Gasteiger partial charge in [0.15, 0.2) is 0 Å². The summed E-state index contributed by atoms with van der Waals surface area (Å²) in [5.74, 6) is 0. The summed E-state index contributed by atoms with van der Waals surface area (Å²) in [7, 11) is 0. The first-order valence-electron chi connectivity index (χ1n) is 4.69. The second-order valence-electron chi connectivity index (χ2n) is 3.37. The van der Waals surface area contributed by atoms with Crippen LogP contribution in [0.5, 0.6) is 0 Å². The zero-order valence-corrected chi connectivity index (χ0v) is 9.77. The van der Waals surface area contributed by atoms with Crippen LogP contribution in [0.3, 0.4) is 0 Å². The van der Waals surface area contributed by atoms with Crippen LogP contribution in [0.1, 0.15) is 5.56 Å². The van der Waals surface area contributed by atoms with Gasteiger partial charge in [0.05, 0.1) is 11.5 Å². The van der Waals surface area contributed by atoms with Crippen molar-refractivity contribution in [1.82, 2.24) is 15.2 Å². The van der Waals surface area contributed by atoms with Crippen molar-refractivity contribution in [3.05, 3.63) is 30.1 Å². The molecule has 1 aliphatic heterocycles. The van der Waals surface area contributed by atoms with Gasteiger partial charge in [-0.1, -0.05) is 24.4 Å². The minimum absolute atomic E-state index is 0.723. The molecule has 0 bridgehead atoms. The van der Waals surface area contributed by atoms with E-state index in [-0.39, 0.29) is 0 Å². The van der Waals surface area contributed by atoms with Gasteiger partial charge in [0.25, 0.3) is 0 Å². The number of hydrogen-bond donors (Lipinski definition) is 1. The molecule has 0 radical (unpaired) electrons. The van der Waals surface area contributed by atoms with Crippen molar-refractivity contribution in [2.75, 3.05) is 13.2 Å². The standard InChI is InChI=1S/C10H11N3S2/c14-9-5-12-7-13(10(9)15)6-8-1-3-11-4-2-8/h1-4,12H,5-7H2. The molecule has 0 aliphatic carbocycles. The van der Waals surface area contributed by atoms with Crippen molar-refractivity contribution in [2.24, 2.45) is 0 Å². The molecular weight excluding hydrogens is 226 g/mol. The van der Waals surface area contributed by atoms with E-state index in [0.29, 0.717) is 0 Å². The van der Waals surface area contributed by atoms with Gasteiger partial charge in [-0.25, -0.2) is 0 Å². The number of pyridine rings is 1. The molecule has 0 aromatic carbocycles. The van der Waals surface area contributed by atoms with Crippen LogP contribution in [0, 0.1) is 0 Å². The maximum Gasteiger partial charge on any atom is 0.118 e. The number of hydrogen-bond acceptors (Lipinski definition) is 4. The number of nitrogens with zero attached hydrogens (tertiary/aromatic N) is 2. The van der Waals surface area contributed by atoms with E-state index in [9.17, 15) is 0 Å². The molecule has 2 heterocycles. The molecule has 0 atom stereocenters. The molecule has 1 fully saturated rings. The third-order valence-electron chi connectivity index (χ3n) is 2.24. The minimum Gasteiger partial charge on any atom is -0.345 e. The Labute approximate surface area is 99.5 Å². The van der Waals surface area contributed by atoms with Crippen LogP contribution in [0.4, 0.5) is 0 Å². The molecule has 0 saturated carbocycles. The van der Waals surface area contributed by atoms with E-state index >= 15 is 0 Å². The van der Waals surface area contributed by atoms with E-state index in [1.807, 2.05) is 12.1 Å². The molecule has 1 aromatic heterocycles. The topological polar surface area (TPSA) is 28.2 Å². The molecule has 15 heavy (non-hydrogen) atoms. The average molecular weight is 237 g/mol. The lowest BCUT2D eigenvalue weighted by atomic mass is 10.2. The zero-order valence-electron chi connectivity index (χ0n) is 8.14. The van der Waals surface area contributed by atoms with Crippen molar-refractivity contribution < 1.29 is 0 Å². The summed E-state index contributed by atoms with van der Waals surface area (Å²) in [4.78, 5) is 7.66. The molecule has 0 unspecified atom stereocenters. The van der Waals surface area contributed by atoms with Crippen LogP contribution in [0.25, 0.3) is 0 Å². The smallest absolute Gasteiger partial charge is 0.118 e. The third-order valence-corrected chi connectivity index (χ3v) is 3.21. The Morgan fingerprint density at radius 2 is 2.07 bits per heavy atom. The maximum absolute atomic E-state index is 5.28. The average Bonchev–Trinajstić information content (AvgIpc) is 2.26. The Hall–Kier alpha value is -0.910. The molecular formula is C10H11N3S2. The van der Waals surface area contributed by atoms with Crippen LogP contribution in [0.15, 0.2) is 24.5 Å². The highest BCUT2D eigenvalue weighted by Crippen LogP contribution is 2.07. The summed E-state index contributed by atoms with van der Waals surface area (Å²) < 4.78 is 0. The zero-order chi connectivity index (χ0) is 10.7.